The molecule has 40 heavy (non-hydrogen) atoms. The predicted molar refractivity (Wildman–Crippen MR) is 170 cm³/mol. The quantitative estimate of drug-likeness (QED) is 0.317. The second-order valence-electron chi connectivity index (χ2n) is 11.8. The van der Waals surface area contributed by atoms with Gasteiger partial charge in [0, 0.05) is 49.2 Å². The maximum atomic E-state index is 6.18. The van der Waals surface area contributed by atoms with E-state index in [0.29, 0.717) is 17.0 Å². The van der Waals surface area contributed by atoms with Crippen LogP contribution < -0.4 is 20.4 Å². The van der Waals surface area contributed by atoms with Gasteiger partial charge >= 0.3 is 0 Å². The summed E-state index contributed by atoms with van der Waals surface area (Å²) in [6.07, 6.45) is 8.22. The largest absolute Gasteiger partial charge is 0.361 e. The SMILES string of the molecule is C[C@@H]1CCCN(c2cc(N3CCc4ccccc4C3)nc(NC(=S)NCC3(c4ccc(Cl)cc4)CCCC3)n2)C1. The molecule has 1 aliphatic carbocycles. The Hall–Kier alpha value is -2.90. The predicted octanol–water partition coefficient (Wildman–Crippen LogP) is 6.73. The highest BCUT2D eigenvalue weighted by Gasteiger charge is 2.35. The summed E-state index contributed by atoms with van der Waals surface area (Å²) in [5.41, 5.74) is 4.20. The lowest BCUT2D eigenvalue weighted by atomic mass is 9.79. The van der Waals surface area contributed by atoms with Crippen LogP contribution in [0.25, 0.3) is 0 Å². The Morgan fingerprint density at radius 1 is 0.975 bits per heavy atom. The Balaban J connectivity index is 1.21. The zero-order valence-electron chi connectivity index (χ0n) is 23.3. The van der Waals surface area contributed by atoms with Crippen LogP contribution in [-0.2, 0) is 18.4 Å². The van der Waals surface area contributed by atoms with E-state index in [1.165, 1.54) is 42.4 Å². The molecule has 0 spiro atoms. The molecular weight excluding hydrogens is 536 g/mol. The fraction of sp³-hybridized carbons (Fsp3) is 0.469. The lowest BCUT2D eigenvalue weighted by molar-refractivity contribution is 0.435. The normalized spacial score (nSPS) is 20.2. The number of nitrogens with one attached hydrogen (secondary N) is 2. The van der Waals surface area contributed by atoms with Crippen LogP contribution >= 0.6 is 23.8 Å². The van der Waals surface area contributed by atoms with Crippen LogP contribution in [0.4, 0.5) is 17.6 Å². The van der Waals surface area contributed by atoms with Crippen LogP contribution in [0.2, 0.25) is 5.02 Å². The fourth-order valence-corrected chi connectivity index (χ4v) is 7.00. The van der Waals surface area contributed by atoms with E-state index < -0.39 is 0 Å². The van der Waals surface area contributed by atoms with Crippen molar-refractivity contribution < 1.29 is 0 Å². The molecule has 2 aliphatic heterocycles. The average molecular weight is 575 g/mol. The van der Waals surface area contributed by atoms with E-state index in [9.17, 15) is 0 Å². The summed E-state index contributed by atoms with van der Waals surface area (Å²) in [7, 11) is 0. The minimum absolute atomic E-state index is 0.0648. The first-order chi connectivity index (χ1) is 19.5. The van der Waals surface area contributed by atoms with Crippen molar-refractivity contribution in [1.82, 2.24) is 15.3 Å². The van der Waals surface area contributed by atoms with Crippen molar-refractivity contribution in [1.29, 1.82) is 0 Å². The van der Waals surface area contributed by atoms with Gasteiger partial charge in [-0.25, -0.2) is 0 Å². The van der Waals surface area contributed by atoms with E-state index in [1.54, 1.807) is 0 Å². The van der Waals surface area contributed by atoms with Gasteiger partial charge in [0.15, 0.2) is 5.11 Å². The van der Waals surface area contributed by atoms with Crippen LogP contribution in [-0.4, -0.2) is 41.3 Å². The van der Waals surface area contributed by atoms with E-state index in [-0.39, 0.29) is 5.41 Å². The molecule has 0 bridgehead atoms. The summed E-state index contributed by atoms with van der Waals surface area (Å²) >= 11 is 12.0. The zero-order chi connectivity index (χ0) is 27.5. The second kappa shape index (κ2) is 11.9. The molecule has 1 saturated carbocycles. The van der Waals surface area contributed by atoms with E-state index >= 15 is 0 Å². The van der Waals surface area contributed by atoms with E-state index in [2.05, 4.69) is 69.8 Å². The zero-order valence-corrected chi connectivity index (χ0v) is 24.9. The number of piperidine rings is 1. The van der Waals surface area contributed by atoms with Crippen molar-refractivity contribution in [3.05, 3.63) is 76.3 Å². The highest BCUT2D eigenvalue weighted by Crippen LogP contribution is 2.41. The Kier molecular flexibility index (Phi) is 8.12. The van der Waals surface area contributed by atoms with E-state index in [1.807, 2.05) is 12.1 Å². The number of aromatic nitrogens is 2. The van der Waals surface area contributed by atoms with Crippen LogP contribution in [0.1, 0.15) is 62.1 Å². The van der Waals surface area contributed by atoms with Crippen LogP contribution in [0, 0.1) is 5.92 Å². The minimum Gasteiger partial charge on any atom is -0.361 e. The number of rotatable bonds is 6. The number of thiocarbonyl (C=S) groups is 1. The van der Waals surface area contributed by atoms with Gasteiger partial charge in [-0.1, -0.05) is 67.8 Å². The van der Waals surface area contributed by atoms with Gasteiger partial charge in [0.1, 0.15) is 11.6 Å². The van der Waals surface area contributed by atoms with Crippen molar-refractivity contribution in [2.45, 2.75) is 63.8 Å². The van der Waals surface area contributed by atoms with Gasteiger partial charge in [-0.15, -0.1) is 0 Å². The number of benzene rings is 2. The number of halogens is 1. The van der Waals surface area contributed by atoms with Gasteiger partial charge < -0.3 is 20.4 Å². The molecule has 8 heteroatoms. The second-order valence-corrected chi connectivity index (χ2v) is 12.7. The minimum atomic E-state index is 0.0648. The van der Waals surface area contributed by atoms with E-state index in [0.717, 1.165) is 68.6 Å². The summed E-state index contributed by atoms with van der Waals surface area (Å²) < 4.78 is 0. The van der Waals surface area contributed by atoms with Gasteiger partial charge in [-0.05, 0) is 79.1 Å². The summed E-state index contributed by atoms with van der Waals surface area (Å²) in [4.78, 5) is 14.7. The topological polar surface area (TPSA) is 56.3 Å². The summed E-state index contributed by atoms with van der Waals surface area (Å²) in [5, 5.41) is 8.22. The molecule has 3 heterocycles. The van der Waals surface area contributed by atoms with Crippen molar-refractivity contribution in [3.8, 4) is 0 Å². The van der Waals surface area contributed by atoms with Gasteiger partial charge in [-0.2, -0.15) is 9.97 Å². The molecule has 1 saturated heterocycles. The molecule has 6 nitrogen and oxygen atoms in total. The third kappa shape index (κ3) is 6.06. The van der Waals surface area contributed by atoms with E-state index in [4.69, 9.17) is 33.8 Å². The van der Waals surface area contributed by atoms with Crippen molar-refractivity contribution in [2.75, 3.05) is 41.3 Å². The number of fused-ring (bicyclic) bond motifs is 1. The number of hydrogen-bond acceptors (Lipinski definition) is 5. The molecule has 2 aromatic carbocycles. The highest BCUT2D eigenvalue weighted by molar-refractivity contribution is 7.80. The van der Waals surface area contributed by atoms with Crippen LogP contribution in [0.3, 0.4) is 0 Å². The number of hydrogen-bond donors (Lipinski definition) is 2. The number of anilines is 3. The molecular formula is C32H39ClN6S. The lowest BCUT2D eigenvalue weighted by Crippen LogP contribution is -2.41. The average Bonchev–Trinajstić information content (AvgIpc) is 3.46. The molecule has 0 radical (unpaired) electrons. The lowest BCUT2D eigenvalue weighted by Gasteiger charge is -2.34. The van der Waals surface area contributed by atoms with Gasteiger partial charge in [-0.3, -0.25) is 0 Å². The summed E-state index contributed by atoms with van der Waals surface area (Å²) in [6.45, 7) is 6.94. The Morgan fingerprint density at radius 3 is 2.45 bits per heavy atom. The van der Waals surface area contributed by atoms with Crippen molar-refractivity contribution >= 4 is 46.5 Å². The monoisotopic (exact) mass is 574 g/mol. The first-order valence-electron chi connectivity index (χ1n) is 14.7. The third-order valence-corrected chi connectivity index (χ3v) is 9.46. The maximum absolute atomic E-state index is 6.18. The molecule has 0 unspecified atom stereocenters. The smallest absolute Gasteiger partial charge is 0.232 e. The molecule has 1 atom stereocenters. The summed E-state index contributed by atoms with van der Waals surface area (Å²) in [6, 6.07) is 19.2. The molecule has 3 aromatic rings. The molecule has 0 amide bonds. The molecule has 1 aromatic heterocycles. The van der Waals surface area contributed by atoms with Gasteiger partial charge in [0.2, 0.25) is 5.95 Å². The molecule has 2 fully saturated rings. The molecule has 6 rings (SSSR count). The van der Waals surface area contributed by atoms with Gasteiger partial charge in [0.05, 0.1) is 0 Å². The molecule has 2 N–H and O–H groups in total. The Morgan fingerprint density at radius 2 is 1.70 bits per heavy atom. The summed E-state index contributed by atoms with van der Waals surface area (Å²) in [5.74, 6) is 3.16. The molecule has 210 valence electrons. The Labute approximate surface area is 248 Å². The molecule has 3 aliphatic rings. The highest BCUT2D eigenvalue weighted by atomic mass is 35.5. The third-order valence-electron chi connectivity index (χ3n) is 8.96. The first kappa shape index (κ1) is 27.3. The standard InChI is InChI=1S/C32H39ClN6S/c1-23-7-6-17-38(20-23)28-19-29(39-18-14-24-8-2-3-9-25(24)21-39)36-30(35-28)37-31(40)34-22-32(15-4-5-16-32)26-10-12-27(33)13-11-26/h2-3,8-13,19,23H,4-7,14-18,20-22H2,1H3,(H2,34,35,36,37,40)/t23-/m1/s1. The van der Waals surface area contributed by atoms with Gasteiger partial charge in [0.25, 0.3) is 0 Å². The fourth-order valence-electron chi connectivity index (χ4n) is 6.71. The van der Waals surface area contributed by atoms with Crippen LogP contribution in [0.15, 0.2) is 54.6 Å². The number of nitrogens with zero attached hydrogens (tertiary/aromatic N) is 4. The Bertz CT molecular complexity index is 1340. The van der Waals surface area contributed by atoms with Crippen molar-refractivity contribution in [3.63, 3.8) is 0 Å². The first-order valence-corrected chi connectivity index (χ1v) is 15.5. The maximum Gasteiger partial charge on any atom is 0.232 e. The van der Waals surface area contributed by atoms with Crippen molar-refractivity contribution in [2.24, 2.45) is 5.92 Å². The van der Waals surface area contributed by atoms with Crippen LogP contribution in [0.5, 0.6) is 0 Å².